The Morgan fingerprint density at radius 1 is 0.727 bits per heavy atom. The summed E-state index contributed by atoms with van der Waals surface area (Å²) in [5.41, 5.74) is 11.1. The van der Waals surface area contributed by atoms with Crippen LogP contribution in [0.1, 0.15) is 72.7 Å². The summed E-state index contributed by atoms with van der Waals surface area (Å²) in [5.74, 6) is 0. The zero-order valence-corrected chi connectivity index (χ0v) is 15.9. The largest absolute Gasteiger partial charge is 0.253 e. The average molecular weight is 297 g/mol. The van der Waals surface area contributed by atoms with Crippen LogP contribution in [0.3, 0.4) is 0 Å². The molecule has 1 aromatic heterocycles. The van der Waals surface area contributed by atoms with E-state index in [0.717, 1.165) is 12.8 Å². The molecule has 0 aliphatic carbocycles. The molecule has 0 aliphatic rings. The van der Waals surface area contributed by atoms with Gasteiger partial charge in [-0.3, -0.25) is 4.98 Å². The van der Waals surface area contributed by atoms with Crippen molar-refractivity contribution in [2.45, 2.75) is 80.6 Å². The van der Waals surface area contributed by atoms with Gasteiger partial charge in [-0.05, 0) is 93.2 Å². The molecule has 0 saturated heterocycles. The van der Waals surface area contributed by atoms with Crippen LogP contribution in [0.2, 0.25) is 0 Å². The third-order valence-electron chi connectivity index (χ3n) is 6.27. The first-order chi connectivity index (χ1) is 10.2. The highest BCUT2D eigenvalue weighted by Crippen LogP contribution is 2.41. The molecule has 0 atom stereocenters. The van der Waals surface area contributed by atoms with E-state index in [-0.39, 0.29) is 5.41 Å². The Hall–Kier alpha value is -1.37. The number of benzene rings is 1. The van der Waals surface area contributed by atoms with Gasteiger partial charge in [-0.15, -0.1) is 0 Å². The molecule has 1 aromatic carbocycles. The van der Waals surface area contributed by atoms with Crippen molar-refractivity contribution >= 4 is 10.9 Å². The topological polar surface area (TPSA) is 12.9 Å². The van der Waals surface area contributed by atoms with Crippen molar-refractivity contribution < 1.29 is 0 Å². The number of aryl methyl sites for hydroxylation is 3. The normalized spacial score (nSPS) is 12.2. The molecule has 1 heterocycles. The lowest BCUT2D eigenvalue weighted by atomic mass is 9.72. The minimum atomic E-state index is 0.217. The number of aromatic nitrogens is 1. The molecule has 120 valence electrons. The highest BCUT2D eigenvalue weighted by molar-refractivity contribution is 5.92. The van der Waals surface area contributed by atoms with Crippen LogP contribution in [-0.2, 0) is 5.41 Å². The SMILES string of the molecule is CCC(C)(CC)c1c(C)c(C)nc2c(C)c(C)c(C)c(C)c12. The van der Waals surface area contributed by atoms with Crippen molar-refractivity contribution in [1.29, 1.82) is 0 Å². The smallest absolute Gasteiger partial charge is 0.0743 e. The fourth-order valence-corrected chi connectivity index (χ4v) is 3.72. The molecule has 0 amide bonds. The molecule has 0 spiro atoms. The van der Waals surface area contributed by atoms with Gasteiger partial charge in [0.25, 0.3) is 0 Å². The maximum atomic E-state index is 4.98. The molecule has 0 radical (unpaired) electrons. The van der Waals surface area contributed by atoms with Crippen molar-refractivity contribution in [3.63, 3.8) is 0 Å². The van der Waals surface area contributed by atoms with Gasteiger partial charge in [-0.1, -0.05) is 20.8 Å². The molecule has 0 saturated carbocycles. The Bertz CT molecular complexity index is 734. The molecule has 0 fully saturated rings. The molecule has 0 aliphatic heterocycles. The van der Waals surface area contributed by atoms with Crippen molar-refractivity contribution in [2.75, 3.05) is 0 Å². The Morgan fingerprint density at radius 2 is 1.23 bits per heavy atom. The average Bonchev–Trinajstić information content (AvgIpc) is 2.51. The van der Waals surface area contributed by atoms with Gasteiger partial charge in [0.05, 0.1) is 5.52 Å². The van der Waals surface area contributed by atoms with Crippen molar-refractivity contribution in [3.05, 3.63) is 39.1 Å². The third kappa shape index (κ3) is 2.26. The monoisotopic (exact) mass is 297 g/mol. The second-order valence-corrected chi connectivity index (χ2v) is 7.19. The van der Waals surface area contributed by atoms with E-state index in [2.05, 4.69) is 62.3 Å². The van der Waals surface area contributed by atoms with E-state index in [0.29, 0.717) is 0 Å². The number of hydrogen-bond acceptors (Lipinski definition) is 1. The number of fused-ring (bicyclic) bond motifs is 1. The number of rotatable bonds is 3. The van der Waals surface area contributed by atoms with E-state index >= 15 is 0 Å². The van der Waals surface area contributed by atoms with Crippen LogP contribution in [0.25, 0.3) is 10.9 Å². The van der Waals surface area contributed by atoms with E-state index in [1.807, 2.05) is 0 Å². The first-order valence-electron chi connectivity index (χ1n) is 8.57. The lowest BCUT2D eigenvalue weighted by Crippen LogP contribution is -2.23. The predicted molar refractivity (Wildman–Crippen MR) is 98.1 cm³/mol. The van der Waals surface area contributed by atoms with Crippen LogP contribution < -0.4 is 0 Å². The zero-order valence-electron chi connectivity index (χ0n) is 15.9. The van der Waals surface area contributed by atoms with Gasteiger partial charge in [-0.2, -0.15) is 0 Å². The van der Waals surface area contributed by atoms with E-state index in [1.165, 1.54) is 50.0 Å². The van der Waals surface area contributed by atoms with Crippen LogP contribution in [-0.4, -0.2) is 4.98 Å². The Labute approximate surface area is 136 Å². The number of nitrogens with zero attached hydrogens (tertiary/aromatic N) is 1. The van der Waals surface area contributed by atoms with Crippen molar-refractivity contribution in [3.8, 4) is 0 Å². The molecule has 1 nitrogen and oxygen atoms in total. The van der Waals surface area contributed by atoms with Gasteiger partial charge in [0, 0.05) is 11.1 Å². The molecule has 1 heteroatoms. The molecular weight excluding hydrogens is 266 g/mol. The van der Waals surface area contributed by atoms with Crippen LogP contribution >= 0.6 is 0 Å². The molecule has 22 heavy (non-hydrogen) atoms. The summed E-state index contributed by atoms with van der Waals surface area (Å²) in [7, 11) is 0. The highest BCUT2D eigenvalue weighted by Gasteiger charge is 2.29. The summed E-state index contributed by atoms with van der Waals surface area (Å²) in [6, 6.07) is 0. The van der Waals surface area contributed by atoms with E-state index < -0.39 is 0 Å². The summed E-state index contributed by atoms with van der Waals surface area (Å²) in [5, 5.41) is 1.41. The second kappa shape index (κ2) is 5.68. The predicted octanol–water partition coefficient (Wildman–Crippen LogP) is 6.16. The highest BCUT2D eigenvalue weighted by atomic mass is 14.7. The zero-order chi connectivity index (χ0) is 16.8. The first-order valence-corrected chi connectivity index (χ1v) is 8.57. The molecular formula is C21H31N. The molecule has 2 rings (SSSR count). The summed E-state index contributed by atoms with van der Waals surface area (Å²) in [4.78, 5) is 4.98. The Morgan fingerprint density at radius 3 is 1.73 bits per heavy atom. The minimum Gasteiger partial charge on any atom is -0.253 e. The third-order valence-corrected chi connectivity index (χ3v) is 6.27. The van der Waals surface area contributed by atoms with Gasteiger partial charge in [0.1, 0.15) is 0 Å². The molecule has 0 unspecified atom stereocenters. The summed E-state index contributed by atoms with van der Waals surface area (Å²) >= 11 is 0. The molecule has 0 N–H and O–H groups in total. The van der Waals surface area contributed by atoms with Gasteiger partial charge in [-0.25, -0.2) is 0 Å². The van der Waals surface area contributed by atoms with E-state index in [1.54, 1.807) is 0 Å². The quantitative estimate of drug-likeness (QED) is 0.661. The maximum absolute atomic E-state index is 4.98. The Balaban J connectivity index is 3.13. The lowest BCUT2D eigenvalue weighted by Gasteiger charge is -2.32. The van der Waals surface area contributed by atoms with E-state index in [4.69, 9.17) is 4.98 Å². The summed E-state index contributed by atoms with van der Waals surface area (Å²) in [6.45, 7) is 20.4. The first kappa shape index (κ1) is 17.0. The molecule has 2 aromatic rings. The van der Waals surface area contributed by atoms with Gasteiger partial charge in [0.15, 0.2) is 0 Å². The summed E-state index contributed by atoms with van der Waals surface area (Å²) < 4.78 is 0. The van der Waals surface area contributed by atoms with Crippen molar-refractivity contribution in [2.24, 2.45) is 0 Å². The van der Waals surface area contributed by atoms with Crippen molar-refractivity contribution in [1.82, 2.24) is 4.98 Å². The maximum Gasteiger partial charge on any atom is 0.0743 e. The fourth-order valence-electron chi connectivity index (χ4n) is 3.72. The number of hydrogen-bond donors (Lipinski definition) is 0. The van der Waals surface area contributed by atoms with Crippen LogP contribution in [0, 0.1) is 41.5 Å². The summed E-state index contributed by atoms with van der Waals surface area (Å²) in [6.07, 6.45) is 2.32. The van der Waals surface area contributed by atoms with Crippen LogP contribution in [0.5, 0.6) is 0 Å². The van der Waals surface area contributed by atoms with Crippen LogP contribution in [0.4, 0.5) is 0 Å². The fraction of sp³-hybridized carbons (Fsp3) is 0.571. The minimum absolute atomic E-state index is 0.217. The van der Waals surface area contributed by atoms with E-state index in [9.17, 15) is 0 Å². The lowest BCUT2D eigenvalue weighted by molar-refractivity contribution is 0.439. The second-order valence-electron chi connectivity index (χ2n) is 7.19. The number of pyridine rings is 1. The van der Waals surface area contributed by atoms with Crippen LogP contribution in [0.15, 0.2) is 0 Å². The van der Waals surface area contributed by atoms with Gasteiger partial charge >= 0.3 is 0 Å². The molecule has 0 bridgehead atoms. The Kier molecular flexibility index (Phi) is 4.39. The standard InChI is InChI=1S/C21H31N/c1-10-21(9,11-2)19-16(7)17(8)22-20-15(6)13(4)12(3)14(5)18(19)20/h10-11H2,1-9H3. The van der Waals surface area contributed by atoms with Gasteiger partial charge in [0.2, 0.25) is 0 Å². The van der Waals surface area contributed by atoms with Gasteiger partial charge < -0.3 is 0 Å².